The summed E-state index contributed by atoms with van der Waals surface area (Å²) < 4.78 is 1.45. The number of phenols is 2. The van der Waals surface area contributed by atoms with E-state index in [9.17, 15) is 10.2 Å². The highest BCUT2D eigenvalue weighted by atomic mass is 79.9. The number of unbranched alkanes of at least 4 members (excludes halogenated alkanes) is 1. The SMILES string of the molecule is Oc1ccc(CCCCc2cc(Br)c(O)c(Br)c2)cc1. The van der Waals surface area contributed by atoms with Gasteiger partial charge in [0.15, 0.2) is 0 Å². The minimum atomic E-state index is 0.248. The number of hydrogen-bond acceptors (Lipinski definition) is 2. The predicted molar refractivity (Wildman–Crippen MR) is 88.3 cm³/mol. The molecule has 0 spiro atoms. The molecule has 2 N–H and O–H groups in total. The van der Waals surface area contributed by atoms with Crippen LogP contribution < -0.4 is 0 Å². The van der Waals surface area contributed by atoms with Crippen LogP contribution in [0.5, 0.6) is 11.5 Å². The summed E-state index contributed by atoms with van der Waals surface area (Å²) in [5.74, 6) is 0.561. The second kappa shape index (κ2) is 7.14. The molecule has 2 aromatic carbocycles. The van der Waals surface area contributed by atoms with E-state index in [-0.39, 0.29) is 5.75 Å². The quantitative estimate of drug-likeness (QED) is 0.679. The van der Waals surface area contributed by atoms with E-state index in [2.05, 4.69) is 31.9 Å². The van der Waals surface area contributed by atoms with Gasteiger partial charge in [0.1, 0.15) is 11.5 Å². The van der Waals surface area contributed by atoms with Crippen molar-refractivity contribution in [2.24, 2.45) is 0 Å². The van der Waals surface area contributed by atoms with Crippen molar-refractivity contribution in [1.82, 2.24) is 0 Å². The number of phenolic OH excluding ortho intramolecular Hbond substituents is 2. The maximum atomic E-state index is 9.66. The zero-order valence-corrected chi connectivity index (χ0v) is 14.1. The molecule has 0 aliphatic heterocycles. The first-order chi connectivity index (χ1) is 9.56. The lowest BCUT2D eigenvalue weighted by Gasteiger charge is -2.06. The summed E-state index contributed by atoms with van der Waals surface area (Å²) in [6.07, 6.45) is 4.18. The number of hydrogen-bond donors (Lipinski definition) is 2. The first kappa shape index (κ1) is 15.4. The minimum absolute atomic E-state index is 0.248. The smallest absolute Gasteiger partial charge is 0.143 e. The fraction of sp³-hybridized carbons (Fsp3) is 0.250. The lowest BCUT2D eigenvalue weighted by Crippen LogP contribution is -1.90. The Morgan fingerprint density at radius 1 is 0.750 bits per heavy atom. The van der Waals surface area contributed by atoms with Crippen molar-refractivity contribution in [3.63, 3.8) is 0 Å². The average Bonchev–Trinajstić information content (AvgIpc) is 2.43. The molecule has 0 saturated carbocycles. The summed E-state index contributed by atoms with van der Waals surface area (Å²) in [5.41, 5.74) is 2.45. The van der Waals surface area contributed by atoms with E-state index >= 15 is 0 Å². The predicted octanol–water partition coefficient (Wildman–Crippen LogP) is 5.19. The molecule has 0 atom stereocenters. The van der Waals surface area contributed by atoms with Crippen molar-refractivity contribution < 1.29 is 10.2 Å². The topological polar surface area (TPSA) is 40.5 Å². The van der Waals surface area contributed by atoms with Gasteiger partial charge in [0.25, 0.3) is 0 Å². The Morgan fingerprint density at radius 3 is 1.80 bits per heavy atom. The molecule has 20 heavy (non-hydrogen) atoms. The number of rotatable bonds is 5. The van der Waals surface area contributed by atoms with E-state index in [0.717, 1.165) is 34.6 Å². The van der Waals surface area contributed by atoms with Crippen molar-refractivity contribution >= 4 is 31.9 Å². The van der Waals surface area contributed by atoms with Gasteiger partial charge >= 0.3 is 0 Å². The molecule has 0 aliphatic rings. The van der Waals surface area contributed by atoms with E-state index in [1.807, 2.05) is 24.3 Å². The highest BCUT2D eigenvalue weighted by Gasteiger charge is 2.05. The van der Waals surface area contributed by atoms with Crippen molar-refractivity contribution in [2.75, 3.05) is 0 Å². The van der Waals surface area contributed by atoms with Gasteiger partial charge in [-0.05, 0) is 92.9 Å². The third-order valence-corrected chi connectivity index (χ3v) is 4.40. The van der Waals surface area contributed by atoms with Crippen molar-refractivity contribution in [3.05, 3.63) is 56.5 Å². The van der Waals surface area contributed by atoms with Crippen LogP contribution in [0.3, 0.4) is 0 Å². The second-order valence-corrected chi connectivity index (χ2v) is 6.49. The molecule has 0 bridgehead atoms. The Labute approximate surface area is 135 Å². The zero-order valence-electron chi connectivity index (χ0n) is 10.9. The van der Waals surface area contributed by atoms with E-state index < -0.39 is 0 Å². The first-order valence-corrected chi connectivity index (χ1v) is 8.09. The van der Waals surface area contributed by atoms with Gasteiger partial charge in [-0.3, -0.25) is 0 Å². The molecule has 2 nitrogen and oxygen atoms in total. The number of halogens is 2. The minimum Gasteiger partial charge on any atom is -0.508 e. The van der Waals surface area contributed by atoms with Crippen LogP contribution in [0.2, 0.25) is 0 Å². The molecule has 0 amide bonds. The van der Waals surface area contributed by atoms with Crippen molar-refractivity contribution in [1.29, 1.82) is 0 Å². The fourth-order valence-corrected chi connectivity index (χ4v) is 3.36. The molecule has 0 saturated heterocycles. The lowest BCUT2D eigenvalue weighted by atomic mass is 10.0. The van der Waals surface area contributed by atoms with Gasteiger partial charge in [-0.2, -0.15) is 0 Å². The number of aryl methyl sites for hydroxylation is 2. The van der Waals surface area contributed by atoms with Crippen molar-refractivity contribution in [3.8, 4) is 11.5 Å². The van der Waals surface area contributed by atoms with Crippen LogP contribution in [-0.4, -0.2) is 10.2 Å². The molecule has 0 aliphatic carbocycles. The van der Waals surface area contributed by atoms with Crippen LogP contribution >= 0.6 is 31.9 Å². The highest BCUT2D eigenvalue weighted by molar-refractivity contribution is 9.11. The van der Waals surface area contributed by atoms with Crippen LogP contribution in [-0.2, 0) is 12.8 Å². The highest BCUT2D eigenvalue weighted by Crippen LogP contribution is 2.33. The summed E-state index contributed by atoms with van der Waals surface area (Å²) in [7, 11) is 0. The molecule has 0 aromatic heterocycles. The van der Waals surface area contributed by atoms with Gasteiger partial charge in [-0.25, -0.2) is 0 Å². The maximum absolute atomic E-state index is 9.66. The number of aromatic hydroxyl groups is 2. The van der Waals surface area contributed by atoms with Crippen LogP contribution in [0.4, 0.5) is 0 Å². The standard InChI is InChI=1S/C16H16Br2O2/c17-14-9-12(10-15(18)16(14)20)4-2-1-3-11-5-7-13(19)8-6-11/h5-10,19-20H,1-4H2. The van der Waals surface area contributed by atoms with Gasteiger partial charge in [0, 0.05) is 0 Å². The third-order valence-electron chi connectivity index (χ3n) is 3.19. The fourth-order valence-electron chi connectivity index (χ4n) is 2.08. The molecule has 106 valence electrons. The molecule has 0 heterocycles. The van der Waals surface area contributed by atoms with Crippen LogP contribution in [0.1, 0.15) is 24.0 Å². The summed E-state index contributed by atoms with van der Waals surface area (Å²) >= 11 is 6.69. The summed E-state index contributed by atoms with van der Waals surface area (Å²) in [6, 6.07) is 11.3. The van der Waals surface area contributed by atoms with Gasteiger partial charge < -0.3 is 10.2 Å². The van der Waals surface area contributed by atoms with Crippen LogP contribution in [0.15, 0.2) is 45.3 Å². The first-order valence-electron chi connectivity index (χ1n) is 6.51. The van der Waals surface area contributed by atoms with Gasteiger partial charge in [-0.15, -0.1) is 0 Å². The Morgan fingerprint density at radius 2 is 1.25 bits per heavy atom. The molecule has 0 radical (unpaired) electrons. The Bertz CT molecular complexity index is 557. The maximum Gasteiger partial charge on any atom is 0.143 e. The largest absolute Gasteiger partial charge is 0.508 e. The summed E-state index contributed by atoms with van der Waals surface area (Å²) in [5, 5.41) is 18.9. The normalized spacial score (nSPS) is 10.7. The van der Waals surface area contributed by atoms with E-state index in [1.165, 1.54) is 11.1 Å². The average molecular weight is 400 g/mol. The Kier molecular flexibility index (Phi) is 5.49. The van der Waals surface area contributed by atoms with Crippen molar-refractivity contribution in [2.45, 2.75) is 25.7 Å². The van der Waals surface area contributed by atoms with Crippen LogP contribution in [0.25, 0.3) is 0 Å². The Hall–Kier alpha value is -1.00. The monoisotopic (exact) mass is 398 g/mol. The lowest BCUT2D eigenvalue weighted by molar-refractivity contribution is 0.468. The third kappa shape index (κ3) is 4.25. The van der Waals surface area contributed by atoms with E-state index in [0.29, 0.717) is 5.75 Å². The molecule has 4 heteroatoms. The molecule has 0 fully saturated rings. The second-order valence-electron chi connectivity index (χ2n) is 4.78. The zero-order chi connectivity index (χ0) is 14.5. The molecule has 0 unspecified atom stereocenters. The molecule has 2 rings (SSSR count). The molecular weight excluding hydrogens is 384 g/mol. The summed E-state index contributed by atoms with van der Waals surface area (Å²) in [4.78, 5) is 0. The van der Waals surface area contributed by atoms with E-state index in [1.54, 1.807) is 12.1 Å². The van der Waals surface area contributed by atoms with E-state index in [4.69, 9.17) is 0 Å². The van der Waals surface area contributed by atoms with Gasteiger partial charge in [0.2, 0.25) is 0 Å². The summed E-state index contributed by atoms with van der Waals surface area (Å²) in [6.45, 7) is 0. The molecule has 2 aromatic rings. The Balaban J connectivity index is 1.83. The van der Waals surface area contributed by atoms with Gasteiger partial charge in [-0.1, -0.05) is 12.1 Å². The van der Waals surface area contributed by atoms with Crippen LogP contribution in [0, 0.1) is 0 Å². The number of benzene rings is 2. The van der Waals surface area contributed by atoms with Gasteiger partial charge in [0.05, 0.1) is 8.95 Å². The molecular formula is C16H16Br2O2.